The molecule has 4 rings (SSSR count). The molecular formula is C15H21NO. The van der Waals surface area contributed by atoms with Crippen molar-refractivity contribution in [2.45, 2.75) is 51.0 Å². The van der Waals surface area contributed by atoms with Crippen molar-refractivity contribution in [1.29, 1.82) is 5.26 Å². The van der Waals surface area contributed by atoms with Crippen LogP contribution in [0.3, 0.4) is 0 Å². The third-order valence-electron chi connectivity index (χ3n) is 5.34. The monoisotopic (exact) mass is 231 g/mol. The van der Waals surface area contributed by atoms with Gasteiger partial charge in [-0.25, -0.2) is 0 Å². The Kier molecular flexibility index (Phi) is 2.75. The number of nitrogens with zero attached hydrogens (tertiary/aromatic N) is 1. The zero-order valence-electron chi connectivity index (χ0n) is 10.3. The van der Waals surface area contributed by atoms with Gasteiger partial charge in [-0.2, -0.15) is 5.26 Å². The van der Waals surface area contributed by atoms with Crippen LogP contribution in [0.4, 0.5) is 0 Å². The van der Waals surface area contributed by atoms with Crippen molar-refractivity contribution in [2.24, 2.45) is 23.2 Å². The maximum atomic E-state index is 10.5. The van der Waals surface area contributed by atoms with E-state index >= 15 is 0 Å². The first-order chi connectivity index (χ1) is 8.22. The molecule has 17 heavy (non-hydrogen) atoms. The van der Waals surface area contributed by atoms with Crippen LogP contribution in [0.1, 0.15) is 44.9 Å². The number of nitriles is 1. The second kappa shape index (κ2) is 4.14. The molecule has 1 unspecified atom stereocenters. The van der Waals surface area contributed by atoms with Crippen molar-refractivity contribution < 1.29 is 5.11 Å². The first-order valence-corrected chi connectivity index (χ1v) is 6.94. The molecule has 0 amide bonds. The van der Waals surface area contributed by atoms with Crippen LogP contribution < -0.4 is 0 Å². The van der Waals surface area contributed by atoms with Gasteiger partial charge in [-0.1, -0.05) is 6.08 Å². The fourth-order valence-corrected chi connectivity index (χ4v) is 5.09. The number of aliphatic hydroxyl groups excluding tert-OH is 1. The van der Waals surface area contributed by atoms with Crippen LogP contribution in [0.2, 0.25) is 0 Å². The van der Waals surface area contributed by atoms with Crippen molar-refractivity contribution >= 4 is 0 Å². The van der Waals surface area contributed by atoms with Crippen LogP contribution in [0.25, 0.3) is 0 Å². The smallest absolute Gasteiger partial charge is 0.0908 e. The second-order valence-electron chi connectivity index (χ2n) is 6.56. The lowest BCUT2D eigenvalue weighted by Gasteiger charge is -2.58. The van der Waals surface area contributed by atoms with Gasteiger partial charge < -0.3 is 5.11 Å². The van der Waals surface area contributed by atoms with Crippen molar-refractivity contribution in [3.05, 3.63) is 12.2 Å². The first-order valence-electron chi connectivity index (χ1n) is 6.94. The average molecular weight is 231 g/mol. The molecular weight excluding hydrogens is 210 g/mol. The summed E-state index contributed by atoms with van der Waals surface area (Å²) < 4.78 is 0. The van der Waals surface area contributed by atoms with E-state index in [0.717, 1.165) is 17.8 Å². The lowest BCUT2D eigenvalue weighted by molar-refractivity contribution is -0.118. The van der Waals surface area contributed by atoms with Gasteiger partial charge >= 0.3 is 0 Å². The molecule has 0 saturated heterocycles. The highest BCUT2D eigenvalue weighted by atomic mass is 16.3. The summed E-state index contributed by atoms with van der Waals surface area (Å²) in [5.41, 5.74) is 0.203. The van der Waals surface area contributed by atoms with E-state index in [2.05, 4.69) is 0 Å². The molecule has 2 heteroatoms. The van der Waals surface area contributed by atoms with Gasteiger partial charge in [-0.05, 0) is 68.1 Å². The minimum Gasteiger partial charge on any atom is -0.392 e. The summed E-state index contributed by atoms with van der Waals surface area (Å²) >= 11 is 0. The Hall–Kier alpha value is -0.810. The maximum absolute atomic E-state index is 10.5. The molecule has 4 bridgehead atoms. The van der Waals surface area contributed by atoms with Crippen molar-refractivity contribution in [3.8, 4) is 6.07 Å². The first kappa shape index (κ1) is 11.3. The van der Waals surface area contributed by atoms with Gasteiger partial charge in [0.25, 0.3) is 0 Å². The molecule has 92 valence electrons. The summed E-state index contributed by atoms with van der Waals surface area (Å²) in [6.07, 6.45) is 11.7. The Morgan fingerprint density at radius 2 is 1.71 bits per heavy atom. The van der Waals surface area contributed by atoms with Crippen LogP contribution in [-0.4, -0.2) is 11.2 Å². The average Bonchev–Trinajstić information content (AvgIpc) is 2.27. The van der Waals surface area contributed by atoms with E-state index in [-0.39, 0.29) is 11.5 Å². The minimum absolute atomic E-state index is 0.203. The minimum atomic E-state index is -0.222. The van der Waals surface area contributed by atoms with E-state index in [1.165, 1.54) is 44.6 Å². The molecule has 4 saturated carbocycles. The number of hydrogen-bond acceptors (Lipinski definition) is 2. The molecule has 0 aromatic carbocycles. The van der Waals surface area contributed by atoms with Gasteiger partial charge in [0.2, 0.25) is 0 Å². The van der Waals surface area contributed by atoms with Crippen molar-refractivity contribution in [1.82, 2.24) is 0 Å². The predicted octanol–water partition coefficient (Wildman–Crippen LogP) is 3.03. The van der Waals surface area contributed by atoms with Crippen LogP contribution >= 0.6 is 0 Å². The Morgan fingerprint density at radius 1 is 1.18 bits per heavy atom. The Balaban J connectivity index is 1.73. The highest BCUT2D eigenvalue weighted by molar-refractivity contribution is 5.08. The molecule has 4 aliphatic rings. The second-order valence-corrected chi connectivity index (χ2v) is 6.56. The van der Waals surface area contributed by atoms with E-state index in [1.807, 2.05) is 12.1 Å². The summed E-state index contributed by atoms with van der Waals surface area (Å²) in [5.74, 6) is 2.66. The number of rotatable bonds is 3. The van der Waals surface area contributed by atoms with E-state index in [9.17, 15) is 5.11 Å². The normalized spacial score (nSPS) is 45.1. The van der Waals surface area contributed by atoms with Crippen molar-refractivity contribution in [3.63, 3.8) is 0 Å². The van der Waals surface area contributed by atoms with Gasteiger partial charge in [0, 0.05) is 6.08 Å². The number of allylic oxidation sites excluding steroid dienone is 1. The SMILES string of the molecule is N#C/C=C/CC(O)C12CC3CC(CC(C3)C1)C2. The van der Waals surface area contributed by atoms with Gasteiger partial charge in [0.1, 0.15) is 0 Å². The summed E-state index contributed by atoms with van der Waals surface area (Å²) in [5, 5.41) is 19.0. The lowest BCUT2D eigenvalue weighted by atomic mass is 9.48. The fraction of sp³-hybridized carbons (Fsp3) is 0.800. The molecule has 2 nitrogen and oxygen atoms in total. The molecule has 1 atom stereocenters. The summed E-state index contributed by atoms with van der Waals surface area (Å²) in [7, 11) is 0. The van der Waals surface area contributed by atoms with Crippen molar-refractivity contribution in [2.75, 3.05) is 0 Å². The number of hydrogen-bond donors (Lipinski definition) is 1. The number of aliphatic hydroxyl groups is 1. The summed E-state index contributed by atoms with van der Waals surface area (Å²) in [4.78, 5) is 0. The summed E-state index contributed by atoms with van der Waals surface area (Å²) in [6.45, 7) is 0. The molecule has 0 aromatic rings. The quantitative estimate of drug-likeness (QED) is 0.759. The molecule has 0 spiro atoms. The molecule has 0 aromatic heterocycles. The molecule has 0 radical (unpaired) electrons. The van der Waals surface area contributed by atoms with E-state index in [4.69, 9.17) is 5.26 Å². The van der Waals surface area contributed by atoms with Gasteiger partial charge in [-0.15, -0.1) is 0 Å². The zero-order valence-corrected chi connectivity index (χ0v) is 10.3. The van der Waals surface area contributed by atoms with Gasteiger partial charge in [-0.3, -0.25) is 0 Å². The van der Waals surface area contributed by atoms with Crippen LogP contribution in [0.5, 0.6) is 0 Å². The highest BCUT2D eigenvalue weighted by Crippen LogP contribution is 2.61. The topological polar surface area (TPSA) is 44.0 Å². The van der Waals surface area contributed by atoms with Crippen LogP contribution in [0, 0.1) is 34.5 Å². The highest BCUT2D eigenvalue weighted by Gasteiger charge is 2.53. The van der Waals surface area contributed by atoms with Crippen LogP contribution in [-0.2, 0) is 0 Å². The van der Waals surface area contributed by atoms with E-state index in [0.29, 0.717) is 6.42 Å². The third-order valence-corrected chi connectivity index (χ3v) is 5.34. The van der Waals surface area contributed by atoms with E-state index in [1.54, 1.807) is 0 Å². The largest absolute Gasteiger partial charge is 0.392 e. The fourth-order valence-electron chi connectivity index (χ4n) is 5.09. The van der Waals surface area contributed by atoms with Gasteiger partial charge in [0.05, 0.1) is 12.2 Å². The standard InChI is InChI=1S/C15H21NO/c16-4-2-1-3-14(17)15-8-11-5-12(9-15)7-13(6-11)10-15/h1-2,11-14,17H,3,5-10H2/b2-1+. The molecule has 0 heterocycles. The Labute approximate surface area is 103 Å². The van der Waals surface area contributed by atoms with E-state index < -0.39 is 0 Å². The Morgan fingerprint density at radius 3 is 2.18 bits per heavy atom. The molecule has 1 N–H and O–H groups in total. The van der Waals surface area contributed by atoms with Crippen LogP contribution in [0.15, 0.2) is 12.2 Å². The lowest BCUT2D eigenvalue weighted by Crippen LogP contribution is -2.51. The summed E-state index contributed by atoms with van der Waals surface area (Å²) in [6, 6.07) is 2.01. The third kappa shape index (κ3) is 1.91. The Bertz CT molecular complexity index is 330. The molecule has 0 aliphatic heterocycles. The zero-order chi connectivity index (χ0) is 11.9. The molecule has 4 aliphatic carbocycles. The predicted molar refractivity (Wildman–Crippen MR) is 66.0 cm³/mol. The van der Waals surface area contributed by atoms with Gasteiger partial charge in [0.15, 0.2) is 0 Å². The maximum Gasteiger partial charge on any atom is 0.0908 e. The molecule has 4 fully saturated rings.